The van der Waals surface area contributed by atoms with Crippen LogP contribution in [0.1, 0.15) is 107 Å². The van der Waals surface area contributed by atoms with Gasteiger partial charge in [0.15, 0.2) is 5.82 Å². The second-order valence-electron chi connectivity index (χ2n) is 22.9. The van der Waals surface area contributed by atoms with E-state index < -0.39 is 17.6 Å². The number of halogens is 2. The number of aromatic nitrogens is 5. The normalized spacial score (nSPS) is 20.3. The summed E-state index contributed by atoms with van der Waals surface area (Å²) in [5.41, 5.74) is 4.45. The van der Waals surface area contributed by atoms with Gasteiger partial charge in [-0.05, 0) is 138 Å². The molecule has 2 amide bonds. The van der Waals surface area contributed by atoms with Crippen molar-refractivity contribution in [2.45, 2.75) is 108 Å². The number of likely N-dealkylation sites (N-methyl/N-ethyl adjacent to an activating group) is 1. The molecule has 9 heterocycles. The molecule has 0 spiro atoms. The van der Waals surface area contributed by atoms with Gasteiger partial charge in [0.2, 0.25) is 5.91 Å². The zero-order valence-electron chi connectivity index (χ0n) is 46.7. The number of carbonyl (C=O) groups is 3. The minimum atomic E-state index is -0.585. The molecule has 3 atom stereocenters. The minimum Gasteiger partial charge on any atom is -0.461 e. The molecule has 0 radical (unpaired) electrons. The highest BCUT2D eigenvalue weighted by atomic mass is 19.1. The van der Waals surface area contributed by atoms with Crippen LogP contribution in [0.4, 0.5) is 25.1 Å². The smallest absolute Gasteiger partial charge is 0.409 e. The van der Waals surface area contributed by atoms with Crippen molar-refractivity contribution in [2.24, 2.45) is 24.8 Å². The average molecular weight is 1090 g/mol. The van der Waals surface area contributed by atoms with Gasteiger partial charge in [-0.3, -0.25) is 14.4 Å². The number of nitrogens with one attached hydrogen (secondary N) is 1. The molecule has 3 unspecified atom stereocenters. The molecule has 422 valence electrons. The van der Waals surface area contributed by atoms with Crippen LogP contribution in [-0.4, -0.2) is 144 Å². The predicted molar refractivity (Wildman–Crippen MR) is 305 cm³/mol. The summed E-state index contributed by atoms with van der Waals surface area (Å²) in [6, 6.07) is 15.1. The SMILES string of the molecule is C#Cc1c(F)ccc2cccc(-c3nc4c5c(nc(OCC67CCCN6CCC7)nc5c3F)N3CCCOCC3CC4)c12.CNC(=O)C(CCC=O)c1nn(C)c2cc(N3CCC(C(C)C4CCN(C(=O)OC)CC4)CC3)ccc12. The molecule has 80 heavy (non-hydrogen) atoms. The number of rotatable bonds is 12. The molecule has 6 aliphatic rings. The third-order valence-corrected chi connectivity index (χ3v) is 18.6. The van der Waals surface area contributed by atoms with Crippen molar-refractivity contribution >= 4 is 62.4 Å². The van der Waals surface area contributed by atoms with Crippen LogP contribution < -0.4 is 19.9 Å². The first-order valence-electron chi connectivity index (χ1n) is 28.9. The van der Waals surface area contributed by atoms with Crippen molar-refractivity contribution in [1.29, 1.82) is 0 Å². The van der Waals surface area contributed by atoms with Gasteiger partial charge in [-0.1, -0.05) is 37.1 Å². The summed E-state index contributed by atoms with van der Waals surface area (Å²) in [5, 5.41) is 10.2. The van der Waals surface area contributed by atoms with Crippen LogP contribution in [0.15, 0.2) is 48.5 Å². The highest BCUT2D eigenvalue weighted by molar-refractivity contribution is 6.03. The van der Waals surface area contributed by atoms with E-state index in [0.717, 1.165) is 133 Å². The topological polar surface area (TPSA) is 160 Å². The Bertz CT molecular complexity index is 3320. The molecule has 6 aromatic rings. The number of benzene rings is 3. The summed E-state index contributed by atoms with van der Waals surface area (Å²) in [6.07, 6.45) is 18.3. The summed E-state index contributed by atoms with van der Waals surface area (Å²) >= 11 is 0. The second kappa shape index (κ2) is 23.6. The molecule has 5 saturated heterocycles. The van der Waals surface area contributed by atoms with Gasteiger partial charge >= 0.3 is 12.1 Å². The molecule has 1 N–H and O–H groups in total. The lowest BCUT2D eigenvalue weighted by Crippen LogP contribution is -2.43. The predicted octanol–water partition coefficient (Wildman–Crippen LogP) is 9.37. The highest BCUT2D eigenvalue weighted by Crippen LogP contribution is 2.44. The van der Waals surface area contributed by atoms with Crippen LogP contribution in [0.2, 0.25) is 0 Å². The van der Waals surface area contributed by atoms with Crippen molar-refractivity contribution in [3.05, 3.63) is 77.1 Å². The van der Waals surface area contributed by atoms with E-state index in [4.69, 9.17) is 40.7 Å². The number of fused-ring (bicyclic) bond motifs is 5. The number of aldehydes is 1. The lowest BCUT2D eigenvalue weighted by molar-refractivity contribution is -0.122. The van der Waals surface area contributed by atoms with E-state index in [0.29, 0.717) is 90.1 Å². The number of carbonyl (C=O) groups excluding carboxylic acids is 3. The molecule has 6 aliphatic heterocycles. The molecule has 3 aromatic carbocycles. The number of hydrogen-bond acceptors (Lipinski definition) is 13. The summed E-state index contributed by atoms with van der Waals surface area (Å²) < 4.78 is 50.8. The number of aryl methyl sites for hydroxylation is 2. The van der Waals surface area contributed by atoms with Crippen molar-refractivity contribution in [3.8, 4) is 29.6 Å². The molecular weight excluding hydrogens is 1020 g/mol. The number of nitrogens with zero attached hydrogens (tertiary/aromatic N) is 9. The lowest BCUT2D eigenvalue weighted by atomic mass is 9.74. The number of likely N-dealkylation sites (tertiary alicyclic amines) is 1. The fourth-order valence-corrected chi connectivity index (χ4v) is 14.2. The summed E-state index contributed by atoms with van der Waals surface area (Å²) in [5.74, 6) is 3.48. The number of piperidine rings is 2. The Balaban J connectivity index is 0.000000171. The molecular formula is C62H74F2N10O6. The van der Waals surface area contributed by atoms with Crippen LogP contribution in [0, 0.1) is 41.7 Å². The lowest BCUT2D eigenvalue weighted by Gasteiger charge is -2.41. The monoisotopic (exact) mass is 1090 g/mol. The van der Waals surface area contributed by atoms with Crippen molar-refractivity contribution < 1.29 is 37.4 Å². The summed E-state index contributed by atoms with van der Waals surface area (Å²) in [6.45, 7) is 10.7. The van der Waals surface area contributed by atoms with Crippen LogP contribution >= 0.6 is 0 Å². The van der Waals surface area contributed by atoms with Crippen molar-refractivity contribution in [2.75, 3.05) is 89.6 Å². The van der Waals surface area contributed by atoms with Gasteiger partial charge < -0.3 is 39.0 Å². The molecule has 0 aliphatic carbocycles. The van der Waals surface area contributed by atoms with E-state index in [-0.39, 0.29) is 46.4 Å². The maximum Gasteiger partial charge on any atom is 0.409 e. The number of terminal acetylenes is 1. The van der Waals surface area contributed by atoms with Gasteiger partial charge in [0, 0.05) is 81.9 Å². The second-order valence-corrected chi connectivity index (χ2v) is 22.9. The van der Waals surface area contributed by atoms with Gasteiger partial charge in [-0.25, -0.2) is 18.6 Å². The molecule has 0 bridgehead atoms. The quantitative estimate of drug-likeness (QED) is 0.0913. The van der Waals surface area contributed by atoms with Gasteiger partial charge in [0.25, 0.3) is 0 Å². The van der Waals surface area contributed by atoms with E-state index in [1.165, 1.54) is 18.9 Å². The molecule has 3 aromatic heterocycles. The molecule has 5 fully saturated rings. The first-order chi connectivity index (χ1) is 38.9. The Morgan fingerprint density at radius 1 is 0.938 bits per heavy atom. The van der Waals surface area contributed by atoms with E-state index in [9.17, 15) is 18.8 Å². The standard InChI is InChI=1S/C34H33F2N5O2.C28H41N5O4/c1-2-23-25(35)11-9-21-7-3-8-24(27(21)23)30-29(36)31-28-26(37-30)12-10-22-19-42-18-6-17-41(22)32(28)39-33(38-31)43-20-34-13-4-15-40(34)16-5-14-34;1-19(21-11-15-33(16-12-21)28(36)37-4)20-9-13-32(14-10-20)22-7-8-23-25(18-22)31(3)30-26(23)24(6-5-17-34)27(35)29-2/h1,3,7-9,11,22H,4-6,10,12-20H2;7-8,17-21,24H,5-6,9-16H2,1-4H3,(H,29,35). The Morgan fingerprint density at radius 3 is 2.42 bits per heavy atom. The zero-order chi connectivity index (χ0) is 55.7. The van der Waals surface area contributed by atoms with Gasteiger partial charge in [0.1, 0.15) is 35.7 Å². The number of pyridine rings is 1. The number of hydrogen-bond donors (Lipinski definition) is 1. The fraction of sp³-hybridized carbons (Fsp3) is 0.532. The zero-order valence-corrected chi connectivity index (χ0v) is 46.7. The third-order valence-electron chi connectivity index (χ3n) is 18.6. The first-order valence-corrected chi connectivity index (χ1v) is 28.9. The number of methoxy groups -OCH3 is 1. The molecule has 0 saturated carbocycles. The Labute approximate surface area is 466 Å². The molecule has 16 nitrogen and oxygen atoms in total. The maximum absolute atomic E-state index is 16.9. The van der Waals surface area contributed by atoms with E-state index >= 15 is 4.39 Å². The molecule has 12 rings (SSSR count). The Kier molecular flexibility index (Phi) is 16.2. The summed E-state index contributed by atoms with van der Waals surface area (Å²) in [4.78, 5) is 59.0. The van der Waals surface area contributed by atoms with Crippen LogP contribution in [0.3, 0.4) is 0 Å². The Hall–Kier alpha value is -6.97. The van der Waals surface area contributed by atoms with E-state index in [1.807, 2.05) is 28.8 Å². The summed E-state index contributed by atoms with van der Waals surface area (Å²) in [7, 11) is 4.98. The van der Waals surface area contributed by atoms with E-state index in [2.05, 4.69) is 51.1 Å². The number of anilines is 2. The number of ether oxygens (including phenoxy) is 3. The van der Waals surface area contributed by atoms with Gasteiger partial charge in [-0.15, -0.1) is 6.42 Å². The van der Waals surface area contributed by atoms with Gasteiger partial charge in [-0.2, -0.15) is 15.1 Å². The maximum atomic E-state index is 16.9. The van der Waals surface area contributed by atoms with Crippen molar-refractivity contribution in [3.63, 3.8) is 0 Å². The average Bonchev–Trinajstić information content (AvgIpc) is 4.11. The fourth-order valence-electron chi connectivity index (χ4n) is 14.2. The van der Waals surface area contributed by atoms with Crippen molar-refractivity contribution in [1.82, 2.24) is 39.8 Å². The molecule has 18 heteroatoms. The van der Waals surface area contributed by atoms with Gasteiger partial charge in [0.05, 0.1) is 59.1 Å². The van der Waals surface area contributed by atoms with Crippen LogP contribution in [-0.2, 0) is 32.5 Å². The minimum absolute atomic E-state index is 0.00280. The first kappa shape index (κ1) is 55.0. The number of amides is 2. The van der Waals surface area contributed by atoms with Crippen LogP contribution in [0.25, 0.3) is 43.8 Å². The highest BCUT2D eigenvalue weighted by Gasteiger charge is 2.45. The van der Waals surface area contributed by atoms with Crippen LogP contribution in [0.5, 0.6) is 6.01 Å². The van der Waals surface area contributed by atoms with E-state index in [1.54, 1.807) is 19.2 Å². The Morgan fingerprint density at radius 2 is 1.70 bits per heavy atom. The third kappa shape index (κ3) is 10.5. The largest absolute Gasteiger partial charge is 0.461 e.